The van der Waals surface area contributed by atoms with Gasteiger partial charge in [0, 0.05) is 23.9 Å². The Morgan fingerprint density at radius 2 is 1.95 bits per heavy atom. The molecule has 0 saturated heterocycles. The minimum atomic E-state index is 0.710. The first-order valence-corrected chi connectivity index (χ1v) is 8.03. The topological polar surface area (TPSA) is 37.8 Å². The van der Waals surface area contributed by atoms with E-state index >= 15 is 0 Å². The summed E-state index contributed by atoms with van der Waals surface area (Å²) in [5.41, 5.74) is 3.75. The molecule has 2 aromatic rings. The molecule has 0 atom stereocenters. The maximum atomic E-state index is 4.80. The van der Waals surface area contributed by atoms with E-state index in [-0.39, 0.29) is 0 Å². The number of aryl methyl sites for hydroxylation is 1. The molecule has 0 radical (unpaired) electrons. The van der Waals surface area contributed by atoms with Crippen LogP contribution in [-0.2, 0) is 6.42 Å². The molecule has 1 aromatic heterocycles. The van der Waals surface area contributed by atoms with Crippen LogP contribution in [0.15, 0.2) is 30.3 Å². The highest BCUT2D eigenvalue weighted by atomic mass is 15.0. The molecule has 0 spiro atoms. The van der Waals surface area contributed by atoms with Crippen molar-refractivity contribution in [3.63, 3.8) is 0 Å². The molecule has 1 aliphatic carbocycles. The third-order valence-electron chi connectivity index (χ3n) is 3.86. The van der Waals surface area contributed by atoms with E-state index in [1.807, 2.05) is 0 Å². The van der Waals surface area contributed by atoms with Crippen molar-refractivity contribution in [1.82, 2.24) is 9.97 Å². The molecule has 0 aliphatic heterocycles. The summed E-state index contributed by atoms with van der Waals surface area (Å²) in [5.74, 6) is 2.53. The molecule has 1 fully saturated rings. The Morgan fingerprint density at radius 1 is 1.14 bits per heavy atom. The fraction of sp³-hybridized carbons (Fsp3) is 0.444. The SMILES string of the molecule is CCCc1cc(NCC)nc(-c2ccccc2C2CC2)n1. The van der Waals surface area contributed by atoms with Crippen LogP contribution < -0.4 is 5.32 Å². The molecule has 0 unspecified atom stereocenters. The van der Waals surface area contributed by atoms with E-state index in [0.29, 0.717) is 5.92 Å². The lowest BCUT2D eigenvalue weighted by atomic mass is 10.0. The van der Waals surface area contributed by atoms with Gasteiger partial charge in [-0.2, -0.15) is 0 Å². The molecule has 3 rings (SSSR count). The first-order valence-electron chi connectivity index (χ1n) is 8.03. The van der Waals surface area contributed by atoms with Gasteiger partial charge in [-0.1, -0.05) is 37.6 Å². The van der Waals surface area contributed by atoms with Gasteiger partial charge in [-0.3, -0.25) is 0 Å². The van der Waals surface area contributed by atoms with Crippen LogP contribution in [-0.4, -0.2) is 16.5 Å². The zero-order valence-electron chi connectivity index (χ0n) is 12.9. The largest absolute Gasteiger partial charge is 0.370 e. The van der Waals surface area contributed by atoms with Crippen LogP contribution in [0, 0.1) is 0 Å². The first-order chi connectivity index (χ1) is 10.3. The van der Waals surface area contributed by atoms with Crippen molar-refractivity contribution in [3.8, 4) is 11.4 Å². The van der Waals surface area contributed by atoms with Gasteiger partial charge in [-0.15, -0.1) is 0 Å². The van der Waals surface area contributed by atoms with E-state index in [9.17, 15) is 0 Å². The van der Waals surface area contributed by atoms with Crippen LogP contribution in [0.2, 0.25) is 0 Å². The van der Waals surface area contributed by atoms with Crippen molar-refractivity contribution in [3.05, 3.63) is 41.6 Å². The second kappa shape index (κ2) is 6.25. The zero-order chi connectivity index (χ0) is 14.7. The number of aromatic nitrogens is 2. The molecule has 1 N–H and O–H groups in total. The number of nitrogens with zero attached hydrogens (tertiary/aromatic N) is 2. The third kappa shape index (κ3) is 3.23. The summed E-state index contributed by atoms with van der Waals surface area (Å²) in [5, 5.41) is 3.33. The highest BCUT2D eigenvalue weighted by Gasteiger charge is 2.26. The molecule has 1 aromatic carbocycles. The number of hydrogen-bond acceptors (Lipinski definition) is 3. The van der Waals surface area contributed by atoms with E-state index < -0.39 is 0 Å². The molecule has 0 bridgehead atoms. The maximum absolute atomic E-state index is 4.80. The predicted octanol–water partition coefficient (Wildman–Crippen LogP) is 4.41. The maximum Gasteiger partial charge on any atom is 0.162 e. The molecule has 1 saturated carbocycles. The Balaban J connectivity index is 2.04. The summed E-state index contributed by atoms with van der Waals surface area (Å²) in [7, 11) is 0. The molecule has 110 valence electrons. The molecular formula is C18H23N3. The first kappa shape index (κ1) is 14.1. The average molecular weight is 281 g/mol. The summed E-state index contributed by atoms with van der Waals surface area (Å²) in [6.45, 7) is 5.17. The van der Waals surface area contributed by atoms with E-state index in [1.165, 1.54) is 24.0 Å². The van der Waals surface area contributed by atoms with Gasteiger partial charge in [0.15, 0.2) is 5.82 Å². The van der Waals surface area contributed by atoms with Gasteiger partial charge in [0.1, 0.15) is 5.82 Å². The summed E-state index contributed by atoms with van der Waals surface area (Å²) < 4.78 is 0. The lowest BCUT2D eigenvalue weighted by molar-refractivity contribution is 0.874. The van der Waals surface area contributed by atoms with Crippen molar-refractivity contribution in [2.45, 2.75) is 45.4 Å². The van der Waals surface area contributed by atoms with Crippen molar-refractivity contribution in [2.75, 3.05) is 11.9 Å². The Bertz CT molecular complexity index is 593. The number of benzene rings is 1. The van der Waals surface area contributed by atoms with Gasteiger partial charge in [-0.05, 0) is 37.7 Å². The molecule has 1 aliphatic rings. The summed E-state index contributed by atoms with van der Waals surface area (Å²) in [6, 6.07) is 10.7. The normalized spacial score (nSPS) is 14.2. The van der Waals surface area contributed by atoms with E-state index in [1.54, 1.807) is 0 Å². The minimum absolute atomic E-state index is 0.710. The van der Waals surface area contributed by atoms with Crippen molar-refractivity contribution in [2.24, 2.45) is 0 Å². The van der Waals surface area contributed by atoms with Crippen molar-refractivity contribution >= 4 is 5.82 Å². The zero-order valence-corrected chi connectivity index (χ0v) is 12.9. The number of nitrogens with one attached hydrogen (secondary N) is 1. The van der Waals surface area contributed by atoms with Crippen LogP contribution in [0.5, 0.6) is 0 Å². The minimum Gasteiger partial charge on any atom is -0.370 e. The summed E-state index contributed by atoms with van der Waals surface area (Å²) in [4.78, 5) is 9.52. The van der Waals surface area contributed by atoms with Gasteiger partial charge in [0.2, 0.25) is 0 Å². The summed E-state index contributed by atoms with van der Waals surface area (Å²) >= 11 is 0. The van der Waals surface area contributed by atoms with Gasteiger partial charge >= 0.3 is 0 Å². The molecule has 3 heteroatoms. The van der Waals surface area contributed by atoms with Crippen molar-refractivity contribution in [1.29, 1.82) is 0 Å². The average Bonchev–Trinajstić information content (AvgIpc) is 3.32. The second-order valence-electron chi connectivity index (χ2n) is 5.71. The lowest BCUT2D eigenvalue weighted by Gasteiger charge is -2.11. The number of hydrogen-bond donors (Lipinski definition) is 1. The predicted molar refractivity (Wildman–Crippen MR) is 87.6 cm³/mol. The third-order valence-corrected chi connectivity index (χ3v) is 3.86. The van der Waals surface area contributed by atoms with Gasteiger partial charge in [-0.25, -0.2) is 9.97 Å². The van der Waals surface area contributed by atoms with E-state index in [2.05, 4.69) is 49.5 Å². The standard InChI is InChI=1S/C18H23N3/c1-3-7-14-12-17(19-4-2)21-18(20-14)16-9-6-5-8-15(16)13-10-11-13/h5-6,8-9,12-13H,3-4,7,10-11H2,1-2H3,(H,19,20,21). The Hall–Kier alpha value is -1.90. The fourth-order valence-corrected chi connectivity index (χ4v) is 2.72. The van der Waals surface area contributed by atoms with Crippen molar-refractivity contribution < 1.29 is 0 Å². The number of rotatable bonds is 6. The molecule has 21 heavy (non-hydrogen) atoms. The summed E-state index contributed by atoms with van der Waals surface area (Å²) in [6.07, 6.45) is 4.70. The molecular weight excluding hydrogens is 258 g/mol. The van der Waals surface area contributed by atoms with Gasteiger partial charge in [0.05, 0.1) is 0 Å². The lowest BCUT2D eigenvalue weighted by Crippen LogP contribution is -2.05. The van der Waals surface area contributed by atoms with Crippen LogP contribution >= 0.6 is 0 Å². The Kier molecular flexibility index (Phi) is 4.18. The fourth-order valence-electron chi connectivity index (χ4n) is 2.72. The molecule has 3 nitrogen and oxygen atoms in total. The van der Waals surface area contributed by atoms with Crippen LogP contribution in [0.3, 0.4) is 0 Å². The quantitative estimate of drug-likeness (QED) is 0.852. The van der Waals surface area contributed by atoms with E-state index in [0.717, 1.165) is 36.7 Å². The Morgan fingerprint density at radius 3 is 2.67 bits per heavy atom. The molecule has 0 amide bonds. The van der Waals surface area contributed by atoms with Crippen LogP contribution in [0.25, 0.3) is 11.4 Å². The van der Waals surface area contributed by atoms with Crippen LogP contribution in [0.4, 0.5) is 5.82 Å². The smallest absolute Gasteiger partial charge is 0.162 e. The highest BCUT2D eigenvalue weighted by Crippen LogP contribution is 2.43. The second-order valence-corrected chi connectivity index (χ2v) is 5.71. The Labute approximate surface area is 126 Å². The molecule has 1 heterocycles. The van der Waals surface area contributed by atoms with Crippen LogP contribution in [0.1, 0.15) is 50.3 Å². The number of anilines is 1. The van der Waals surface area contributed by atoms with Gasteiger partial charge < -0.3 is 5.32 Å². The van der Waals surface area contributed by atoms with Gasteiger partial charge in [0.25, 0.3) is 0 Å². The monoisotopic (exact) mass is 281 g/mol. The highest BCUT2D eigenvalue weighted by molar-refractivity contribution is 5.63. The van der Waals surface area contributed by atoms with E-state index in [4.69, 9.17) is 9.97 Å².